The molecule has 1 aromatic heterocycles. The number of benzene rings is 1. The van der Waals surface area contributed by atoms with Crippen LogP contribution >= 0.6 is 0 Å². The van der Waals surface area contributed by atoms with Crippen LogP contribution in [-0.4, -0.2) is 22.0 Å². The fourth-order valence-electron chi connectivity index (χ4n) is 3.62. The predicted molar refractivity (Wildman–Crippen MR) is 118 cm³/mol. The molecule has 0 spiro atoms. The van der Waals surface area contributed by atoms with Crippen molar-refractivity contribution in [2.45, 2.75) is 84.6 Å². The van der Waals surface area contributed by atoms with Crippen LogP contribution in [0.25, 0.3) is 11.0 Å². The molecule has 0 fully saturated rings. The first-order valence-corrected chi connectivity index (χ1v) is 11.1. The Hall–Kier alpha value is -2.10. The number of unbranched alkanes of at least 4 members (excludes halogenated alkanes) is 7. The molecule has 1 aromatic carbocycles. The lowest BCUT2D eigenvalue weighted by Gasteiger charge is -2.09. The summed E-state index contributed by atoms with van der Waals surface area (Å²) in [5.41, 5.74) is 2.38. The quantitative estimate of drug-likeness (QED) is 0.331. The second kappa shape index (κ2) is 13.1. The minimum absolute atomic E-state index is 0.00299. The van der Waals surface area contributed by atoms with Gasteiger partial charge in [-0.05, 0) is 44.4 Å². The van der Waals surface area contributed by atoms with Crippen LogP contribution in [-0.2, 0) is 17.8 Å². The van der Waals surface area contributed by atoms with Crippen LogP contribution in [0.15, 0.2) is 36.4 Å². The van der Waals surface area contributed by atoms with Gasteiger partial charge in [0, 0.05) is 19.5 Å². The Kier molecular flexibility index (Phi) is 10.4. The molecule has 0 atom stereocenters. The molecule has 2 rings (SSSR count). The number of nitrogens with one attached hydrogen (secondary N) is 1. The van der Waals surface area contributed by atoms with E-state index in [9.17, 15) is 4.79 Å². The van der Waals surface area contributed by atoms with E-state index in [1.165, 1.54) is 49.9 Å². The lowest BCUT2D eigenvalue weighted by atomic mass is 10.1. The van der Waals surface area contributed by atoms with Crippen molar-refractivity contribution in [1.29, 1.82) is 0 Å². The van der Waals surface area contributed by atoms with Gasteiger partial charge < -0.3 is 9.88 Å². The van der Waals surface area contributed by atoms with Gasteiger partial charge in [0.1, 0.15) is 5.82 Å². The summed E-state index contributed by atoms with van der Waals surface area (Å²) >= 11 is 0. The Bertz CT molecular complexity index is 733. The zero-order chi connectivity index (χ0) is 20.0. The fraction of sp³-hybridized carbons (Fsp3) is 0.583. The molecule has 0 saturated heterocycles. The van der Waals surface area contributed by atoms with Crippen molar-refractivity contribution in [3.8, 4) is 0 Å². The standard InChI is InChI=1S/C24H37N3O/c1-3-5-6-7-8-14-20-27-22-17-12-11-16-21(22)26-23(27)18-10-9-13-19-25-24(28)15-4-2/h4,11-12,15-17H,3,5-10,13-14,18-20H2,1-2H3,(H,25,28)/b15-4+. The molecule has 0 unspecified atom stereocenters. The predicted octanol–water partition coefficient (Wildman–Crippen LogP) is 5.80. The number of carbonyl (C=O) groups is 1. The highest BCUT2D eigenvalue weighted by Crippen LogP contribution is 2.19. The molecule has 0 aliphatic heterocycles. The number of para-hydroxylation sites is 2. The summed E-state index contributed by atoms with van der Waals surface area (Å²) in [6.45, 7) is 5.94. The molecule has 0 saturated carbocycles. The first-order chi connectivity index (χ1) is 13.8. The van der Waals surface area contributed by atoms with Crippen molar-refractivity contribution in [3.63, 3.8) is 0 Å². The highest BCUT2D eigenvalue weighted by Gasteiger charge is 2.10. The molecule has 0 bridgehead atoms. The summed E-state index contributed by atoms with van der Waals surface area (Å²) in [6.07, 6.45) is 15.5. The van der Waals surface area contributed by atoms with Crippen molar-refractivity contribution in [2.24, 2.45) is 0 Å². The minimum atomic E-state index is 0.00299. The smallest absolute Gasteiger partial charge is 0.243 e. The van der Waals surface area contributed by atoms with E-state index >= 15 is 0 Å². The number of aryl methyl sites for hydroxylation is 2. The molecule has 0 aliphatic carbocycles. The van der Waals surface area contributed by atoms with Crippen LogP contribution in [0.4, 0.5) is 0 Å². The Balaban J connectivity index is 1.81. The van der Waals surface area contributed by atoms with Gasteiger partial charge in [0.25, 0.3) is 0 Å². The molecule has 4 heteroatoms. The number of hydrogen-bond acceptors (Lipinski definition) is 2. The summed E-state index contributed by atoms with van der Waals surface area (Å²) in [7, 11) is 0. The Morgan fingerprint density at radius 2 is 1.79 bits per heavy atom. The maximum absolute atomic E-state index is 11.4. The number of amides is 1. The summed E-state index contributed by atoms with van der Waals surface area (Å²) in [6, 6.07) is 8.49. The van der Waals surface area contributed by atoms with Crippen molar-refractivity contribution >= 4 is 16.9 Å². The number of hydrogen-bond donors (Lipinski definition) is 1. The third kappa shape index (κ3) is 7.49. The number of aromatic nitrogens is 2. The largest absolute Gasteiger partial charge is 0.353 e. The monoisotopic (exact) mass is 383 g/mol. The molecular formula is C24H37N3O. The van der Waals surface area contributed by atoms with E-state index in [2.05, 4.69) is 41.1 Å². The zero-order valence-electron chi connectivity index (χ0n) is 17.8. The summed E-state index contributed by atoms with van der Waals surface area (Å²) in [5, 5.41) is 2.92. The van der Waals surface area contributed by atoms with Crippen molar-refractivity contribution < 1.29 is 4.79 Å². The maximum Gasteiger partial charge on any atom is 0.243 e. The molecule has 1 amide bonds. The normalized spacial score (nSPS) is 11.5. The number of carbonyl (C=O) groups excluding carboxylic acids is 1. The lowest BCUT2D eigenvalue weighted by Crippen LogP contribution is -2.21. The molecule has 0 radical (unpaired) electrons. The molecule has 1 heterocycles. The average Bonchev–Trinajstić information content (AvgIpc) is 3.05. The minimum Gasteiger partial charge on any atom is -0.353 e. The molecule has 154 valence electrons. The van der Waals surface area contributed by atoms with E-state index in [0.29, 0.717) is 0 Å². The van der Waals surface area contributed by atoms with E-state index in [0.717, 1.165) is 44.3 Å². The van der Waals surface area contributed by atoms with E-state index in [-0.39, 0.29) is 5.91 Å². The SMILES string of the molecule is C/C=C/C(=O)NCCCCCc1nc2ccccc2n1CCCCCCCC. The Labute approximate surface area is 170 Å². The number of allylic oxidation sites excluding steroid dienone is 1. The maximum atomic E-state index is 11.4. The van der Waals surface area contributed by atoms with E-state index in [4.69, 9.17) is 4.98 Å². The van der Waals surface area contributed by atoms with Crippen LogP contribution in [0.3, 0.4) is 0 Å². The number of nitrogens with zero attached hydrogens (tertiary/aromatic N) is 2. The second-order valence-electron chi connectivity index (χ2n) is 7.54. The molecule has 1 N–H and O–H groups in total. The molecule has 0 aliphatic rings. The zero-order valence-corrected chi connectivity index (χ0v) is 17.8. The van der Waals surface area contributed by atoms with Crippen molar-refractivity contribution in [1.82, 2.24) is 14.9 Å². The third-order valence-electron chi connectivity index (χ3n) is 5.16. The Morgan fingerprint density at radius 1 is 1.04 bits per heavy atom. The van der Waals surface area contributed by atoms with Gasteiger partial charge in [0.15, 0.2) is 0 Å². The van der Waals surface area contributed by atoms with Gasteiger partial charge in [0.05, 0.1) is 11.0 Å². The van der Waals surface area contributed by atoms with Crippen LogP contribution in [0.2, 0.25) is 0 Å². The second-order valence-corrected chi connectivity index (χ2v) is 7.54. The highest BCUT2D eigenvalue weighted by molar-refractivity contribution is 5.87. The number of imidazole rings is 1. The topological polar surface area (TPSA) is 46.9 Å². The van der Waals surface area contributed by atoms with Gasteiger partial charge in [-0.1, -0.05) is 63.7 Å². The van der Waals surface area contributed by atoms with Crippen molar-refractivity contribution in [2.75, 3.05) is 6.54 Å². The number of fused-ring (bicyclic) bond motifs is 1. The first kappa shape index (κ1) is 22.2. The summed E-state index contributed by atoms with van der Waals surface area (Å²) in [5.74, 6) is 1.22. The Morgan fingerprint density at radius 3 is 2.61 bits per heavy atom. The first-order valence-electron chi connectivity index (χ1n) is 11.1. The highest BCUT2D eigenvalue weighted by atomic mass is 16.1. The van der Waals surface area contributed by atoms with Gasteiger partial charge in [-0.3, -0.25) is 4.79 Å². The number of rotatable bonds is 14. The van der Waals surface area contributed by atoms with Crippen LogP contribution < -0.4 is 5.32 Å². The fourth-order valence-corrected chi connectivity index (χ4v) is 3.62. The molecular weight excluding hydrogens is 346 g/mol. The summed E-state index contributed by atoms with van der Waals surface area (Å²) < 4.78 is 2.43. The van der Waals surface area contributed by atoms with Crippen molar-refractivity contribution in [3.05, 3.63) is 42.2 Å². The average molecular weight is 384 g/mol. The van der Waals surface area contributed by atoms with Gasteiger partial charge in [-0.2, -0.15) is 0 Å². The van der Waals surface area contributed by atoms with E-state index in [1.807, 2.05) is 6.92 Å². The van der Waals surface area contributed by atoms with Crippen LogP contribution in [0, 0.1) is 0 Å². The molecule has 4 nitrogen and oxygen atoms in total. The third-order valence-corrected chi connectivity index (χ3v) is 5.16. The van der Waals surface area contributed by atoms with Gasteiger partial charge in [-0.25, -0.2) is 4.98 Å². The van der Waals surface area contributed by atoms with E-state index < -0.39 is 0 Å². The van der Waals surface area contributed by atoms with Crippen LogP contribution in [0.1, 0.15) is 77.5 Å². The van der Waals surface area contributed by atoms with E-state index in [1.54, 1.807) is 12.2 Å². The van der Waals surface area contributed by atoms with Gasteiger partial charge in [-0.15, -0.1) is 0 Å². The lowest BCUT2D eigenvalue weighted by molar-refractivity contribution is -0.116. The van der Waals surface area contributed by atoms with Crippen LogP contribution in [0.5, 0.6) is 0 Å². The van der Waals surface area contributed by atoms with Gasteiger partial charge in [0.2, 0.25) is 5.91 Å². The molecule has 2 aromatic rings. The molecule has 28 heavy (non-hydrogen) atoms. The van der Waals surface area contributed by atoms with Gasteiger partial charge >= 0.3 is 0 Å². The summed E-state index contributed by atoms with van der Waals surface area (Å²) in [4.78, 5) is 16.3.